The summed E-state index contributed by atoms with van der Waals surface area (Å²) in [5.74, 6) is 0.0497. The SMILES string of the molecule is COC(=O)c1ccc2cc(-c3nn(C4CCCCC4)c4ncnc(N)c34)[nH]c2c1. The number of ether oxygens (including phenoxy) is 1. The molecule has 8 nitrogen and oxygen atoms in total. The van der Waals surface area contributed by atoms with Crippen molar-refractivity contribution in [3.63, 3.8) is 0 Å². The van der Waals surface area contributed by atoms with Gasteiger partial charge in [-0.2, -0.15) is 5.10 Å². The molecule has 1 aliphatic rings. The van der Waals surface area contributed by atoms with Crippen LogP contribution in [0.3, 0.4) is 0 Å². The number of nitrogens with two attached hydrogens (primary N) is 1. The summed E-state index contributed by atoms with van der Waals surface area (Å²) in [4.78, 5) is 23.9. The van der Waals surface area contributed by atoms with Gasteiger partial charge >= 0.3 is 5.97 Å². The van der Waals surface area contributed by atoms with Gasteiger partial charge in [-0.25, -0.2) is 19.4 Å². The summed E-state index contributed by atoms with van der Waals surface area (Å²) >= 11 is 0. The first-order valence-corrected chi connectivity index (χ1v) is 9.86. The lowest BCUT2D eigenvalue weighted by Gasteiger charge is -2.22. The second-order valence-corrected chi connectivity index (χ2v) is 7.52. The van der Waals surface area contributed by atoms with Gasteiger partial charge in [0.25, 0.3) is 0 Å². The number of carbonyl (C=O) groups is 1. The van der Waals surface area contributed by atoms with Crippen molar-refractivity contribution in [1.29, 1.82) is 0 Å². The van der Waals surface area contributed by atoms with Gasteiger partial charge in [0.2, 0.25) is 0 Å². The number of nitrogens with one attached hydrogen (secondary N) is 1. The number of hydrogen-bond acceptors (Lipinski definition) is 6. The van der Waals surface area contributed by atoms with E-state index in [1.54, 1.807) is 12.1 Å². The minimum Gasteiger partial charge on any atom is -0.465 e. The van der Waals surface area contributed by atoms with Crippen molar-refractivity contribution in [3.8, 4) is 11.4 Å². The van der Waals surface area contributed by atoms with Gasteiger partial charge in [-0.15, -0.1) is 0 Å². The Kier molecular flexibility index (Phi) is 4.19. The fourth-order valence-corrected chi connectivity index (χ4v) is 4.26. The van der Waals surface area contributed by atoms with E-state index >= 15 is 0 Å². The van der Waals surface area contributed by atoms with Crippen molar-refractivity contribution in [2.75, 3.05) is 12.8 Å². The lowest BCUT2D eigenvalue weighted by Crippen LogP contribution is -2.14. The van der Waals surface area contributed by atoms with Crippen LogP contribution >= 0.6 is 0 Å². The van der Waals surface area contributed by atoms with Crippen molar-refractivity contribution in [2.24, 2.45) is 0 Å². The smallest absolute Gasteiger partial charge is 0.337 e. The molecule has 1 aromatic carbocycles. The molecule has 3 aromatic heterocycles. The van der Waals surface area contributed by atoms with Gasteiger partial charge in [-0.1, -0.05) is 25.3 Å². The Bertz CT molecular complexity index is 1220. The third kappa shape index (κ3) is 2.91. The van der Waals surface area contributed by atoms with Crippen LogP contribution in [-0.2, 0) is 4.74 Å². The summed E-state index contributed by atoms with van der Waals surface area (Å²) in [7, 11) is 1.37. The number of hydrogen-bond donors (Lipinski definition) is 2. The molecule has 8 heteroatoms. The molecule has 1 fully saturated rings. The molecule has 0 bridgehead atoms. The van der Waals surface area contributed by atoms with Gasteiger partial charge in [0.15, 0.2) is 5.65 Å². The number of esters is 1. The van der Waals surface area contributed by atoms with E-state index < -0.39 is 0 Å². The molecule has 0 aliphatic heterocycles. The van der Waals surface area contributed by atoms with Crippen molar-refractivity contribution < 1.29 is 9.53 Å². The van der Waals surface area contributed by atoms with Crippen molar-refractivity contribution in [2.45, 2.75) is 38.1 Å². The molecule has 0 amide bonds. The highest BCUT2D eigenvalue weighted by molar-refractivity contribution is 6.01. The molecule has 3 heterocycles. The molecule has 29 heavy (non-hydrogen) atoms. The number of nitrogens with zero attached hydrogens (tertiary/aromatic N) is 4. The molecule has 1 aliphatic carbocycles. The Morgan fingerprint density at radius 3 is 2.83 bits per heavy atom. The summed E-state index contributed by atoms with van der Waals surface area (Å²) in [6, 6.07) is 7.76. The second-order valence-electron chi connectivity index (χ2n) is 7.52. The van der Waals surface area contributed by atoms with Crippen molar-refractivity contribution in [3.05, 3.63) is 36.2 Å². The number of H-pyrrole nitrogens is 1. The average molecular weight is 390 g/mol. The van der Waals surface area contributed by atoms with Crippen LogP contribution in [0, 0.1) is 0 Å². The zero-order valence-corrected chi connectivity index (χ0v) is 16.2. The van der Waals surface area contributed by atoms with Crippen LogP contribution in [0.2, 0.25) is 0 Å². The summed E-state index contributed by atoms with van der Waals surface area (Å²) in [6.07, 6.45) is 7.35. The van der Waals surface area contributed by atoms with Crippen molar-refractivity contribution in [1.82, 2.24) is 24.7 Å². The van der Waals surface area contributed by atoms with Gasteiger partial charge in [-0.3, -0.25) is 0 Å². The van der Waals surface area contributed by atoms with E-state index in [1.807, 2.05) is 16.8 Å². The maximum Gasteiger partial charge on any atom is 0.337 e. The highest BCUT2D eigenvalue weighted by Crippen LogP contribution is 2.36. The molecule has 3 N–H and O–H groups in total. The van der Waals surface area contributed by atoms with Gasteiger partial charge < -0.3 is 15.5 Å². The van der Waals surface area contributed by atoms with Crippen molar-refractivity contribution >= 4 is 33.7 Å². The van der Waals surface area contributed by atoms with E-state index in [9.17, 15) is 4.79 Å². The number of fused-ring (bicyclic) bond motifs is 2. The Balaban J connectivity index is 1.67. The molecule has 0 spiro atoms. The second kappa shape index (κ2) is 6.88. The molecule has 0 saturated heterocycles. The molecule has 148 valence electrons. The van der Waals surface area contributed by atoms with E-state index in [1.165, 1.54) is 32.7 Å². The predicted molar refractivity (Wildman–Crippen MR) is 110 cm³/mol. The van der Waals surface area contributed by atoms with Crippen LogP contribution in [-0.4, -0.2) is 37.8 Å². The molecular formula is C21H22N6O2. The molecule has 4 aromatic rings. The molecule has 0 atom stereocenters. The lowest BCUT2D eigenvalue weighted by atomic mass is 9.96. The Hall–Kier alpha value is -3.42. The first-order valence-electron chi connectivity index (χ1n) is 9.86. The maximum atomic E-state index is 11.8. The number of aromatic amines is 1. The predicted octanol–water partition coefficient (Wildman–Crippen LogP) is 3.85. The number of rotatable bonds is 3. The summed E-state index contributed by atoms with van der Waals surface area (Å²) in [5.41, 5.74) is 9.89. The largest absolute Gasteiger partial charge is 0.465 e. The molecule has 0 radical (unpaired) electrons. The number of aromatic nitrogens is 5. The lowest BCUT2D eigenvalue weighted by molar-refractivity contribution is 0.0601. The van der Waals surface area contributed by atoms with Crippen LogP contribution in [0.4, 0.5) is 5.82 Å². The van der Waals surface area contributed by atoms with Crippen LogP contribution in [0.15, 0.2) is 30.6 Å². The van der Waals surface area contributed by atoms with E-state index in [0.29, 0.717) is 17.4 Å². The van der Waals surface area contributed by atoms with Crippen LogP contribution < -0.4 is 5.73 Å². The summed E-state index contributed by atoms with van der Waals surface area (Å²) in [6.45, 7) is 0. The van der Waals surface area contributed by atoms with E-state index in [2.05, 4.69) is 15.0 Å². The molecule has 1 saturated carbocycles. The Morgan fingerprint density at radius 2 is 2.03 bits per heavy atom. The minimum absolute atomic E-state index is 0.324. The monoisotopic (exact) mass is 390 g/mol. The highest BCUT2D eigenvalue weighted by Gasteiger charge is 2.24. The Morgan fingerprint density at radius 1 is 1.21 bits per heavy atom. The zero-order chi connectivity index (χ0) is 20.0. The number of benzene rings is 1. The van der Waals surface area contributed by atoms with Gasteiger partial charge in [0, 0.05) is 10.9 Å². The fraction of sp³-hybridized carbons (Fsp3) is 0.333. The fourth-order valence-electron chi connectivity index (χ4n) is 4.26. The Labute approximate surface area is 167 Å². The van der Waals surface area contributed by atoms with Gasteiger partial charge in [0.05, 0.1) is 29.8 Å². The third-order valence-electron chi connectivity index (χ3n) is 5.74. The summed E-state index contributed by atoms with van der Waals surface area (Å²) in [5, 5.41) is 6.66. The van der Waals surface area contributed by atoms with Crippen LogP contribution in [0.1, 0.15) is 48.5 Å². The maximum absolute atomic E-state index is 11.8. The number of nitrogen functional groups attached to an aromatic ring is 1. The van der Waals surface area contributed by atoms with E-state index in [0.717, 1.165) is 46.2 Å². The normalized spacial score (nSPS) is 15.2. The molecular weight excluding hydrogens is 368 g/mol. The number of carbonyl (C=O) groups excluding carboxylic acids is 1. The first kappa shape index (κ1) is 17.7. The third-order valence-corrected chi connectivity index (χ3v) is 5.74. The van der Waals surface area contributed by atoms with Gasteiger partial charge in [0.1, 0.15) is 17.8 Å². The quantitative estimate of drug-likeness (QED) is 0.514. The van der Waals surface area contributed by atoms with E-state index in [-0.39, 0.29) is 5.97 Å². The minimum atomic E-state index is -0.368. The number of anilines is 1. The van der Waals surface area contributed by atoms with Gasteiger partial charge in [-0.05, 0) is 31.0 Å². The van der Waals surface area contributed by atoms with Crippen LogP contribution in [0.25, 0.3) is 33.3 Å². The topological polar surface area (TPSA) is 112 Å². The molecule has 5 rings (SSSR count). The zero-order valence-electron chi connectivity index (χ0n) is 16.2. The average Bonchev–Trinajstić information content (AvgIpc) is 3.35. The summed E-state index contributed by atoms with van der Waals surface area (Å²) < 4.78 is 6.84. The number of methoxy groups -OCH3 is 1. The first-order chi connectivity index (χ1) is 14.2. The highest BCUT2D eigenvalue weighted by atomic mass is 16.5. The van der Waals surface area contributed by atoms with Crippen LogP contribution in [0.5, 0.6) is 0 Å². The molecule has 0 unspecified atom stereocenters. The standard InChI is InChI=1S/C21H22N6O2/c1-29-21(28)13-8-7-12-9-16(25-15(12)10-13)18-17-19(22)23-11-24-20(17)27(26-18)14-5-3-2-4-6-14/h7-11,14,25H,2-6H2,1H3,(H2,22,23,24). The van der Waals surface area contributed by atoms with E-state index in [4.69, 9.17) is 15.6 Å².